The standard InChI is InChI=1S/C11H7ClF3NO2/c12-5-1-2-6-7(3-5)9(17)4-8(6)16-10(18)11(13,14)15/h1-3,8H,4H2,(H,16,18). The number of fused-ring (bicyclic) bond motifs is 1. The van der Waals surface area contributed by atoms with Crippen molar-refractivity contribution in [1.29, 1.82) is 0 Å². The minimum atomic E-state index is -4.96. The zero-order valence-electron chi connectivity index (χ0n) is 8.84. The van der Waals surface area contributed by atoms with Crippen molar-refractivity contribution in [2.75, 3.05) is 0 Å². The van der Waals surface area contributed by atoms with Gasteiger partial charge in [0.1, 0.15) is 0 Å². The second-order valence-corrected chi connectivity index (χ2v) is 4.32. The molecule has 3 nitrogen and oxygen atoms in total. The largest absolute Gasteiger partial charge is 0.471 e. The third-order valence-corrected chi connectivity index (χ3v) is 2.88. The van der Waals surface area contributed by atoms with Gasteiger partial charge in [-0.15, -0.1) is 0 Å². The van der Waals surface area contributed by atoms with Gasteiger partial charge in [-0.05, 0) is 17.7 Å². The van der Waals surface area contributed by atoms with Crippen LogP contribution in [-0.2, 0) is 4.79 Å². The molecule has 1 amide bonds. The zero-order valence-corrected chi connectivity index (χ0v) is 9.60. The number of nitrogens with one attached hydrogen (secondary N) is 1. The number of Topliss-reactive ketones (excluding diaryl/α,β-unsaturated/α-hetero) is 1. The summed E-state index contributed by atoms with van der Waals surface area (Å²) in [4.78, 5) is 22.4. The van der Waals surface area contributed by atoms with Crippen LogP contribution >= 0.6 is 11.6 Å². The Hall–Kier alpha value is -1.56. The maximum absolute atomic E-state index is 12.1. The minimum Gasteiger partial charge on any atom is -0.341 e. The van der Waals surface area contributed by atoms with Gasteiger partial charge in [0.25, 0.3) is 0 Å². The monoisotopic (exact) mass is 277 g/mol. The molecule has 0 saturated heterocycles. The topological polar surface area (TPSA) is 46.2 Å². The molecule has 0 radical (unpaired) electrons. The van der Waals surface area contributed by atoms with Crippen molar-refractivity contribution in [2.45, 2.75) is 18.6 Å². The molecule has 1 unspecified atom stereocenters. The summed E-state index contributed by atoms with van der Waals surface area (Å²) in [7, 11) is 0. The van der Waals surface area contributed by atoms with Gasteiger partial charge < -0.3 is 5.32 Å². The van der Waals surface area contributed by atoms with Crippen molar-refractivity contribution in [3.8, 4) is 0 Å². The number of alkyl halides is 3. The van der Waals surface area contributed by atoms with Gasteiger partial charge in [-0.1, -0.05) is 17.7 Å². The SMILES string of the molecule is O=C1CC(NC(=O)C(F)(F)F)c2ccc(Cl)cc21. The van der Waals surface area contributed by atoms with Crippen molar-refractivity contribution in [3.63, 3.8) is 0 Å². The van der Waals surface area contributed by atoms with E-state index in [0.29, 0.717) is 10.6 Å². The van der Waals surface area contributed by atoms with Crippen molar-refractivity contribution in [2.24, 2.45) is 0 Å². The van der Waals surface area contributed by atoms with Crippen LogP contribution in [0.3, 0.4) is 0 Å². The zero-order chi connectivity index (χ0) is 13.5. The van der Waals surface area contributed by atoms with E-state index in [0.717, 1.165) is 0 Å². The molecule has 18 heavy (non-hydrogen) atoms. The molecule has 1 aliphatic rings. The molecule has 96 valence electrons. The van der Waals surface area contributed by atoms with Gasteiger partial charge >= 0.3 is 12.1 Å². The van der Waals surface area contributed by atoms with Crippen LogP contribution in [0.2, 0.25) is 5.02 Å². The highest BCUT2D eigenvalue weighted by molar-refractivity contribution is 6.31. The van der Waals surface area contributed by atoms with E-state index in [2.05, 4.69) is 0 Å². The highest BCUT2D eigenvalue weighted by Crippen LogP contribution is 2.33. The first-order valence-corrected chi connectivity index (χ1v) is 5.37. The first-order valence-electron chi connectivity index (χ1n) is 4.99. The third kappa shape index (κ3) is 2.33. The maximum atomic E-state index is 12.1. The fraction of sp³-hybridized carbons (Fsp3) is 0.273. The summed E-state index contributed by atoms with van der Waals surface area (Å²) in [6, 6.07) is 3.35. The Bertz CT molecular complexity index is 528. The number of rotatable bonds is 1. The predicted octanol–water partition coefficient (Wildman–Crippen LogP) is 2.65. The molecular formula is C11H7ClF3NO2. The number of benzene rings is 1. The lowest BCUT2D eigenvalue weighted by atomic mass is 10.1. The van der Waals surface area contributed by atoms with Crippen molar-refractivity contribution in [3.05, 3.63) is 34.3 Å². The highest BCUT2D eigenvalue weighted by atomic mass is 35.5. The average Bonchev–Trinajstić information content (AvgIpc) is 2.54. The number of hydrogen-bond donors (Lipinski definition) is 1. The Morgan fingerprint density at radius 1 is 1.39 bits per heavy atom. The summed E-state index contributed by atoms with van der Waals surface area (Å²) in [5, 5.41) is 2.12. The molecule has 0 spiro atoms. The molecule has 1 N–H and O–H groups in total. The third-order valence-electron chi connectivity index (χ3n) is 2.64. The van der Waals surface area contributed by atoms with E-state index in [-0.39, 0.29) is 17.8 Å². The van der Waals surface area contributed by atoms with Crippen LogP contribution < -0.4 is 5.32 Å². The van der Waals surface area contributed by atoms with Crippen LogP contribution in [0.1, 0.15) is 28.4 Å². The number of carbonyl (C=O) groups is 2. The van der Waals surface area contributed by atoms with Crippen LogP contribution in [0.25, 0.3) is 0 Å². The lowest BCUT2D eigenvalue weighted by molar-refractivity contribution is -0.174. The van der Waals surface area contributed by atoms with E-state index in [9.17, 15) is 22.8 Å². The number of hydrogen-bond acceptors (Lipinski definition) is 2. The lowest BCUT2D eigenvalue weighted by Gasteiger charge is -2.14. The van der Waals surface area contributed by atoms with Crippen molar-refractivity contribution >= 4 is 23.3 Å². The maximum Gasteiger partial charge on any atom is 0.471 e. The quantitative estimate of drug-likeness (QED) is 0.858. The molecule has 1 aliphatic carbocycles. The second-order valence-electron chi connectivity index (χ2n) is 3.88. The predicted molar refractivity (Wildman–Crippen MR) is 57.3 cm³/mol. The van der Waals surface area contributed by atoms with E-state index in [1.165, 1.54) is 18.2 Å². The van der Waals surface area contributed by atoms with E-state index in [1.807, 2.05) is 0 Å². The van der Waals surface area contributed by atoms with Gasteiger partial charge in [-0.3, -0.25) is 9.59 Å². The molecule has 0 bridgehead atoms. The lowest BCUT2D eigenvalue weighted by Crippen LogP contribution is -2.38. The summed E-state index contributed by atoms with van der Waals surface area (Å²) < 4.78 is 36.4. The van der Waals surface area contributed by atoms with Crippen molar-refractivity contribution in [1.82, 2.24) is 5.32 Å². The smallest absolute Gasteiger partial charge is 0.341 e. The molecule has 0 aliphatic heterocycles. The highest BCUT2D eigenvalue weighted by Gasteiger charge is 2.41. The van der Waals surface area contributed by atoms with E-state index in [4.69, 9.17) is 11.6 Å². The Kier molecular flexibility index (Phi) is 3.06. The molecule has 1 atom stereocenters. The molecule has 2 rings (SSSR count). The Balaban J connectivity index is 2.25. The van der Waals surface area contributed by atoms with Gasteiger partial charge in [-0.2, -0.15) is 13.2 Å². The van der Waals surface area contributed by atoms with Crippen LogP contribution in [-0.4, -0.2) is 17.9 Å². The summed E-state index contributed by atoms with van der Waals surface area (Å²) in [6.07, 6.45) is -5.14. The normalized spacial score (nSPS) is 18.7. The van der Waals surface area contributed by atoms with E-state index >= 15 is 0 Å². The number of amides is 1. The van der Waals surface area contributed by atoms with Gasteiger partial charge in [-0.25, -0.2) is 0 Å². The molecule has 0 saturated carbocycles. The van der Waals surface area contributed by atoms with Crippen molar-refractivity contribution < 1.29 is 22.8 Å². The van der Waals surface area contributed by atoms with Crippen LogP contribution in [0.5, 0.6) is 0 Å². The van der Waals surface area contributed by atoms with Crippen LogP contribution in [0.4, 0.5) is 13.2 Å². The van der Waals surface area contributed by atoms with Crippen LogP contribution in [0, 0.1) is 0 Å². The summed E-state index contributed by atoms with van der Waals surface area (Å²) in [5.41, 5.74) is 0.622. The number of carbonyl (C=O) groups excluding carboxylic acids is 2. The molecule has 1 aromatic carbocycles. The molecule has 0 aromatic heterocycles. The fourth-order valence-electron chi connectivity index (χ4n) is 1.85. The Morgan fingerprint density at radius 2 is 2.06 bits per heavy atom. The molecule has 0 heterocycles. The van der Waals surface area contributed by atoms with E-state index < -0.39 is 18.1 Å². The molecule has 1 aromatic rings. The molecule has 0 fully saturated rings. The Labute approximate surface area is 105 Å². The van der Waals surface area contributed by atoms with E-state index in [1.54, 1.807) is 5.32 Å². The molecule has 7 heteroatoms. The second kappa shape index (κ2) is 4.28. The summed E-state index contributed by atoms with van der Waals surface area (Å²) in [5.74, 6) is -2.39. The van der Waals surface area contributed by atoms with Gasteiger partial charge in [0.15, 0.2) is 5.78 Å². The Morgan fingerprint density at radius 3 is 2.67 bits per heavy atom. The summed E-state index contributed by atoms with van der Waals surface area (Å²) in [6.45, 7) is 0. The van der Waals surface area contributed by atoms with Gasteiger partial charge in [0.05, 0.1) is 6.04 Å². The number of ketones is 1. The average molecular weight is 278 g/mol. The first kappa shape index (κ1) is 12.9. The fourth-order valence-corrected chi connectivity index (χ4v) is 2.02. The molecular weight excluding hydrogens is 271 g/mol. The number of halogens is 4. The van der Waals surface area contributed by atoms with Gasteiger partial charge in [0, 0.05) is 17.0 Å². The minimum absolute atomic E-state index is 0.183. The summed E-state index contributed by atoms with van der Waals surface area (Å²) >= 11 is 5.70. The van der Waals surface area contributed by atoms with Gasteiger partial charge in [0.2, 0.25) is 0 Å². The van der Waals surface area contributed by atoms with Crippen LogP contribution in [0.15, 0.2) is 18.2 Å². The first-order chi connectivity index (χ1) is 8.29.